The normalized spacial score (nSPS) is 21.9. The monoisotopic (exact) mass is 377 g/mol. The number of nitrogens with one attached hydrogen (secondary N) is 2. The van der Waals surface area contributed by atoms with E-state index in [1.807, 2.05) is 36.4 Å². The third-order valence-corrected chi connectivity index (χ3v) is 6.32. The average Bonchev–Trinajstić information content (AvgIpc) is 3.36. The molecule has 2 aliphatic rings. The molecule has 2 N–H and O–H groups in total. The van der Waals surface area contributed by atoms with Crippen molar-refractivity contribution in [2.24, 2.45) is 0 Å². The highest BCUT2D eigenvalue weighted by Crippen LogP contribution is 2.42. The van der Waals surface area contributed by atoms with Crippen LogP contribution in [-0.4, -0.2) is 49.8 Å². The van der Waals surface area contributed by atoms with E-state index in [0.29, 0.717) is 6.61 Å². The number of fused-ring (bicyclic) bond motifs is 4. The molecule has 5 rings (SSSR count). The molecule has 2 aromatic carbocycles. The number of aromatic nitrogens is 1. The molecule has 28 heavy (non-hydrogen) atoms. The summed E-state index contributed by atoms with van der Waals surface area (Å²) >= 11 is 0. The summed E-state index contributed by atoms with van der Waals surface area (Å²) in [4.78, 5) is 6.38. The molecule has 1 aromatic heterocycles. The molecule has 0 saturated carbocycles. The average molecular weight is 377 g/mol. The number of H-pyrrole nitrogens is 1. The minimum absolute atomic E-state index is 0.0277. The van der Waals surface area contributed by atoms with Gasteiger partial charge in [-0.1, -0.05) is 18.2 Å². The second kappa shape index (κ2) is 7.15. The van der Waals surface area contributed by atoms with Gasteiger partial charge in [-0.05, 0) is 55.3 Å². The molecular weight excluding hydrogens is 350 g/mol. The van der Waals surface area contributed by atoms with Gasteiger partial charge in [-0.15, -0.1) is 0 Å². The number of aromatic amines is 1. The van der Waals surface area contributed by atoms with Gasteiger partial charge in [0.25, 0.3) is 0 Å². The zero-order chi connectivity index (χ0) is 19.0. The van der Waals surface area contributed by atoms with Gasteiger partial charge in [0.15, 0.2) is 0 Å². The van der Waals surface area contributed by atoms with Gasteiger partial charge >= 0.3 is 0 Å². The molecule has 1 saturated heterocycles. The summed E-state index contributed by atoms with van der Waals surface area (Å²) in [5, 5.41) is 4.91. The summed E-state index contributed by atoms with van der Waals surface area (Å²) in [5.41, 5.74) is 4.07. The fraction of sp³-hybridized carbons (Fsp3) is 0.391. The Balaban J connectivity index is 1.43. The predicted octanol–water partition coefficient (Wildman–Crippen LogP) is 3.30. The van der Waals surface area contributed by atoms with Crippen molar-refractivity contribution >= 4 is 10.9 Å². The summed E-state index contributed by atoms with van der Waals surface area (Å²) in [6.07, 6.45) is 2.17. The highest BCUT2D eigenvalue weighted by molar-refractivity contribution is 5.87. The lowest BCUT2D eigenvalue weighted by Crippen LogP contribution is -2.53. The van der Waals surface area contributed by atoms with Gasteiger partial charge in [0, 0.05) is 36.2 Å². The van der Waals surface area contributed by atoms with Crippen molar-refractivity contribution in [1.29, 1.82) is 0 Å². The first-order chi connectivity index (χ1) is 13.8. The van der Waals surface area contributed by atoms with Crippen LogP contribution in [0.2, 0.25) is 0 Å². The van der Waals surface area contributed by atoms with Crippen molar-refractivity contribution < 1.29 is 9.47 Å². The van der Waals surface area contributed by atoms with Gasteiger partial charge in [0.1, 0.15) is 18.1 Å². The Labute approximate surface area is 165 Å². The Morgan fingerprint density at radius 3 is 2.79 bits per heavy atom. The fourth-order valence-electron chi connectivity index (χ4n) is 4.91. The van der Waals surface area contributed by atoms with Crippen LogP contribution in [0.1, 0.15) is 17.7 Å². The quantitative estimate of drug-likeness (QED) is 0.716. The second-order valence-corrected chi connectivity index (χ2v) is 7.75. The zero-order valence-corrected chi connectivity index (χ0v) is 16.3. The molecule has 2 aliphatic heterocycles. The highest BCUT2D eigenvalue weighted by atomic mass is 16.5. The Morgan fingerprint density at radius 2 is 2.00 bits per heavy atom. The first-order valence-corrected chi connectivity index (χ1v) is 10.1. The van der Waals surface area contributed by atoms with Crippen LogP contribution in [0.3, 0.4) is 0 Å². The predicted molar refractivity (Wildman–Crippen MR) is 111 cm³/mol. The summed E-state index contributed by atoms with van der Waals surface area (Å²) in [5.74, 6) is 1.86. The molecule has 0 amide bonds. The van der Waals surface area contributed by atoms with E-state index in [1.54, 1.807) is 7.11 Å². The van der Waals surface area contributed by atoms with Crippen LogP contribution in [0.15, 0.2) is 48.5 Å². The van der Waals surface area contributed by atoms with Crippen molar-refractivity contribution in [1.82, 2.24) is 15.2 Å². The molecule has 3 aromatic rings. The maximum Gasteiger partial charge on any atom is 0.119 e. The third kappa shape index (κ3) is 2.86. The number of ether oxygens (including phenoxy) is 2. The van der Waals surface area contributed by atoms with E-state index in [-0.39, 0.29) is 5.54 Å². The minimum Gasteiger partial charge on any atom is -0.497 e. The molecule has 5 heteroatoms. The number of nitrogens with zero attached hydrogens (tertiary/aromatic N) is 1. The molecule has 1 spiro atoms. The Hall–Kier alpha value is -2.50. The molecule has 1 fully saturated rings. The first kappa shape index (κ1) is 17.6. The van der Waals surface area contributed by atoms with Crippen LogP contribution in [0.4, 0.5) is 0 Å². The number of hydrogen-bond acceptors (Lipinski definition) is 4. The SMILES string of the molecule is COc1ccc2[nH]c3c(c2c1)CCN(CCOc1ccccc1)C31CCNC1. The molecule has 146 valence electrons. The van der Waals surface area contributed by atoms with Crippen LogP contribution in [0, 0.1) is 0 Å². The van der Waals surface area contributed by atoms with Crippen molar-refractivity contribution in [3.8, 4) is 11.5 Å². The molecule has 3 heterocycles. The maximum absolute atomic E-state index is 6.00. The van der Waals surface area contributed by atoms with Crippen LogP contribution < -0.4 is 14.8 Å². The highest BCUT2D eigenvalue weighted by Gasteiger charge is 2.46. The lowest BCUT2D eigenvalue weighted by atomic mass is 9.84. The van der Waals surface area contributed by atoms with Gasteiger partial charge in [-0.25, -0.2) is 0 Å². The smallest absolute Gasteiger partial charge is 0.119 e. The third-order valence-electron chi connectivity index (χ3n) is 6.32. The molecule has 0 aliphatic carbocycles. The van der Waals surface area contributed by atoms with E-state index >= 15 is 0 Å². The molecule has 0 radical (unpaired) electrons. The number of hydrogen-bond donors (Lipinski definition) is 2. The Kier molecular flexibility index (Phi) is 4.49. The number of benzene rings is 2. The van der Waals surface area contributed by atoms with E-state index in [9.17, 15) is 0 Å². The van der Waals surface area contributed by atoms with E-state index in [0.717, 1.165) is 50.5 Å². The zero-order valence-electron chi connectivity index (χ0n) is 16.3. The van der Waals surface area contributed by atoms with Crippen LogP contribution in [0.5, 0.6) is 11.5 Å². The van der Waals surface area contributed by atoms with E-state index in [4.69, 9.17) is 9.47 Å². The fourth-order valence-corrected chi connectivity index (χ4v) is 4.91. The summed E-state index contributed by atoms with van der Waals surface area (Å²) in [6, 6.07) is 16.4. The molecule has 1 unspecified atom stereocenters. The number of rotatable bonds is 5. The van der Waals surface area contributed by atoms with Crippen molar-refractivity contribution in [3.63, 3.8) is 0 Å². The Bertz CT molecular complexity index is 961. The van der Waals surface area contributed by atoms with Gasteiger partial charge in [-0.2, -0.15) is 0 Å². The lowest BCUT2D eigenvalue weighted by Gasteiger charge is -2.44. The number of para-hydroxylation sites is 1. The lowest BCUT2D eigenvalue weighted by molar-refractivity contribution is 0.0706. The van der Waals surface area contributed by atoms with Crippen molar-refractivity contribution in [2.45, 2.75) is 18.4 Å². The van der Waals surface area contributed by atoms with E-state index in [2.05, 4.69) is 27.3 Å². The van der Waals surface area contributed by atoms with Gasteiger partial charge in [0.05, 0.1) is 12.6 Å². The van der Waals surface area contributed by atoms with Gasteiger partial charge < -0.3 is 19.8 Å². The van der Waals surface area contributed by atoms with E-state index < -0.39 is 0 Å². The van der Waals surface area contributed by atoms with Crippen molar-refractivity contribution in [3.05, 3.63) is 59.8 Å². The van der Waals surface area contributed by atoms with Crippen LogP contribution >= 0.6 is 0 Å². The maximum atomic E-state index is 6.00. The second-order valence-electron chi connectivity index (χ2n) is 7.75. The summed E-state index contributed by atoms with van der Waals surface area (Å²) in [6.45, 7) is 4.71. The molecule has 1 atom stereocenters. The topological polar surface area (TPSA) is 49.5 Å². The number of methoxy groups -OCH3 is 1. The van der Waals surface area contributed by atoms with Gasteiger partial charge in [0.2, 0.25) is 0 Å². The van der Waals surface area contributed by atoms with Gasteiger partial charge in [-0.3, -0.25) is 4.90 Å². The standard InChI is InChI=1S/C23H27N3O2/c1-27-18-7-8-21-20(15-18)19-9-12-26(13-14-28-17-5-3-2-4-6-17)23(22(19)25-21)10-11-24-16-23/h2-8,15,24-25H,9-14,16H2,1H3. The van der Waals surface area contributed by atoms with Crippen LogP contribution in [0.25, 0.3) is 10.9 Å². The Morgan fingerprint density at radius 1 is 1.11 bits per heavy atom. The summed E-state index contributed by atoms with van der Waals surface area (Å²) in [7, 11) is 1.73. The largest absolute Gasteiger partial charge is 0.497 e. The minimum atomic E-state index is 0.0277. The molecule has 5 nitrogen and oxygen atoms in total. The first-order valence-electron chi connectivity index (χ1n) is 10.1. The van der Waals surface area contributed by atoms with Crippen molar-refractivity contribution in [2.75, 3.05) is 39.9 Å². The van der Waals surface area contributed by atoms with E-state index in [1.165, 1.54) is 22.2 Å². The summed E-state index contributed by atoms with van der Waals surface area (Å²) < 4.78 is 11.5. The molecule has 0 bridgehead atoms. The molecular formula is C23H27N3O2. The van der Waals surface area contributed by atoms with Crippen LogP contribution in [-0.2, 0) is 12.0 Å².